The van der Waals surface area contributed by atoms with Crippen LogP contribution < -0.4 is 16.0 Å². The molecule has 0 radical (unpaired) electrons. The Morgan fingerprint density at radius 2 is 1.97 bits per heavy atom. The van der Waals surface area contributed by atoms with Crippen LogP contribution in [0.25, 0.3) is 15.3 Å². The van der Waals surface area contributed by atoms with Crippen LogP contribution in [0.4, 0.5) is 8.78 Å². The zero-order valence-corrected chi connectivity index (χ0v) is 21.0. The maximum absolute atomic E-state index is 13.3. The van der Waals surface area contributed by atoms with Gasteiger partial charge in [0.15, 0.2) is 0 Å². The SMILES string of the molecule is CC1NC=C(C(=O)NCCN2CCC(F)(F)CC2)C=C1NC(=O)c1cnn2cc(-c3ccncc3)sc12. The number of alkyl halides is 2. The van der Waals surface area contributed by atoms with Gasteiger partial charge in [-0.15, -0.1) is 11.3 Å². The highest BCUT2D eigenvalue weighted by Crippen LogP contribution is 2.30. The summed E-state index contributed by atoms with van der Waals surface area (Å²) in [5.74, 6) is -3.21. The Kier molecular flexibility index (Phi) is 7.02. The molecule has 3 N–H and O–H groups in total. The van der Waals surface area contributed by atoms with Gasteiger partial charge in [-0.05, 0) is 30.7 Å². The fourth-order valence-corrected chi connectivity index (χ4v) is 5.30. The monoisotopic (exact) mass is 527 g/mol. The molecule has 1 unspecified atom stereocenters. The first-order chi connectivity index (χ1) is 17.8. The van der Waals surface area contributed by atoms with Gasteiger partial charge in [0.25, 0.3) is 17.7 Å². The summed E-state index contributed by atoms with van der Waals surface area (Å²) < 4.78 is 28.3. The average Bonchev–Trinajstić information content (AvgIpc) is 3.48. The Balaban J connectivity index is 1.21. The number of nitrogens with one attached hydrogen (secondary N) is 3. The third kappa shape index (κ3) is 5.70. The Morgan fingerprint density at radius 1 is 1.22 bits per heavy atom. The fraction of sp³-hybridized carbons (Fsp3) is 0.360. The van der Waals surface area contributed by atoms with Gasteiger partial charge < -0.3 is 20.9 Å². The lowest BCUT2D eigenvalue weighted by atomic mass is 10.1. The summed E-state index contributed by atoms with van der Waals surface area (Å²) >= 11 is 1.46. The smallest absolute Gasteiger partial charge is 0.260 e. The quantitative estimate of drug-likeness (QED) is 0.437. The van der Waals surface area contributed by atoms with E-state index in [9.17, 15) is 18.4 Å². The topological polar surface area (TPSA) is 104 Å². The van der Waals surface area contributed by atoms with Crippen molar-refractivity contribution in [2.24, 2.45) is 0 Å². The number of thiazole rings is 1. The van der Waals surface area contributed by atoms with Crippen molar-refractivity contribution in [3.05, 3.63) is 66.0 Å². The number of aromatic nitrogens is 3. The molecule has 2 aliphatic heterocycles. The van der Waals surface area contributed by atoms with Crippen LogP contribution in [0.15, 0.2) is 60.5 Å². The average molecular weight is 528 g/mol. The van der Waals surface area contributed by atoms with Crippen LogP contribution in [0.2, 0.25) is 0 Å². The first kappa shape index (κ1) is 25.0. The second-order valence-corrected chi connectivity index (χ2v) is 10.2. The van der Waals surface area contributed by atoms with Crippen molar-refractivity contribution in [1.29, 1.82) is 0 Å². The number of carbonyl (C=O) groups excluding carboxylic acids is 2. The van der Waals surface area contributed by atoms with Crippen LogP contribution >= 0.6 is 11.3 Å². The second kappa shape index (κ2) is 10.4. The molecule has 5 heterocycles. The molecule has 0 saturated carbocycles. The molecule has 1 fully saturated rings. The van der Waals surface area contributed by atoms with Crippen LogP contribution in [0.1, 0.15) is 30.1 Å². The molecule has 9 nitrogen and oxygen atoms in total. The number of pyridine rings is 1. The summed E-state index contributed by atoms with van der Waals surface area (Å²) in [6.07, 6.45) is 9.77. The summed E-state index contributed by atoms with van der Waals surface area (Å²) in [6, 6.07) is 3.59. The van der Waals surface area contributed by atoms with Gasteiger partial charge in [0.1, 0.15) is 4.83 Å². The number of carbonyl (C=O) groups is 2. The Morgan fingerprint density at radius 3 is 2.73 bits per heavy atom. The van der Waals surface area contributed by atoms with E-state index in [2.05, 4.69) is 26.0 Å². The van der Waals surface area contributed by atoms with Crippen LogP contribution in [-0.2, 0) is 4.79 Å². The molecule has 1 atom stereocenters. The molecule has 5 rings (SSSR count). The molecule has 2 aliphatic rings. The maximum atomic E-state index is 13.3. The minimum atomic E-state index is -2.59. The summed E-state index contributed by atoms with van der Waals surface area (Å²) in [5.41, 5.74) is 2.35. The molecular weight excluding hydrogens is 500 g/mol. The van der Waals surface area contributed by atoms with Gasteiger partial charge in [-0.3, -0.25) is 14.6 Å². The molecule has 3 aromatic heterocycles. The highest BCUT2D eigenvalue weighted by molar-refractivity contribution is 7.21. The molecular formula is C25H27F2N7O2S. The first-order valence-corrected chi connectivity index (χ1v) is 12.9. The number of fused-ring (bicyclic) bond motifs is 1. The van der Waals surface area contributed by atoms with Crippen molar-refractivity contribution >= 4 is 28.0 Å². The van der Waals surface area contributed by atoms with Crippen molar-refractivity contribution < 1.29 is 18.4 Å². The minimum Gasteiger partial charge on any atom is -0.382 e. The van der Waals surface area contributed by atoms with Gasteiger partial charge in [-0.1, -0.05) is 0 Å². The van der Waals surface area contributed by atoms with E-state index in [0.29, 0.717) is 47.8 Å². The summed E-state index contributed by atoms with van der Waals surface area (Å²) in [7, 11) is 0. The number of rotatable bonds is 7. The van der Waals surface area contributed by atoms with E-state index in [1.165, 1.54) is 17.5 Å². The highest BCUT2D eigenvalue weighted by Gasteiger charge is 2.33. The zero-order chi connectivity index (χ0) is 26.0. The normalized spacial score (nSPS) is 19.6. The van der Waals surface area contributed by atoms with Crippen LogP contribution in [-0.4, -0.2) is 69.5 Å². The number of amides is 2. The molecule has 194 valence electrons. The van der Waals surface area contributed by atoms with Crippen molar-refractivity contribution in [2.45, 2.75) is 31.7 Å². The number of dihydropyridines is 1. The third-order valence-corrected chi connectivity index (χ3v) is 7.65. The van der Waals surface area contributed by atoms with Crippen LogP contribution in [0.3, 0.4) is 0 Å². The molecule has 0 bridgehead atoms. The molecule has 37 heavy (non-hydrogen) atoms. The molecule has 1 saturated heterocycles. The van der Waals surface area contributed by atoms with Gasteiger partial charge in [-0.25, -0.2) is 13.3 Å². The summed E-state index contributed by atoms with van der Waals surface area (Å²) in [5, 5.41) is 13.2. The van der Waals surface area contributed by atoms with E-state index >= 15 is 0 Å². The van der Waals surface area contributed by atoms with Crippen molar-refractivity contribution in [1.82, 2.24) is 35.4 Å². The Hall–Kier alpha value is -3.64. The van der Waals surface area contributed by atoms with Crippen molar-refractivity contribution in [3.63, 3.8) is 0 Å². The standard InChI is InChI=1S/C25H27F2N7O2S/c1-16-20(12-18(13-30-16)22(35)29-8-11-33-9-4-25(26,27)5-10-33)32-23(36)19-14-31-34-15-21(37-24(19)34)17-2-6-28-7-3-17/h2-3,6-7,12-16,30H,4-5,8-11H2,1H3,(H,29,35)(H,32,36). The first-order valence-electron chi connectivity index (χ1n) is 12.0. The second-order valence-electron chi connectivity index (χ2n) is 9.13. The number of piperidine rings is 1. The van der Waals surface area contributed by atoms with E-state index < -0.39 is 5.92 Å². The minimum absolute atomic E-state index is 0.153. The van der Waals surface area contributed by atoms with Gasteiger partial charge in [-0.2, -0.15) is 5.10 Å². The van der Waals surface area contributed by atoms with Gasteiger partial charge in [0.05, 0.1) is 28.3 Å². The Labute approximate surface area is 216 Å². The fourth-order valence-electron chi connectivity index (χ4n) is 4.24. The lowest BCUT2D eigenvalue weighted by Gasteiger charge is -2.31. The molecule has 2 amide bonds. The molecule has 0 aliphatic carbocycles. The van der Waals surface area contributed by atoms with Crippen LogP contribution in [0, 0.1) is 0 Å². The molecule has 0 spiro atoms. The lowest BCUT2D eigenvalue weighted by Crippen LogP contribution is -2.43. The highest BCUT2D eigenvalue weighted by atomic mass is 32.1. The number of nitrogens with zero attached hydrogens (tertiary/aromatic N) is 4. The largest absolute Gasteiger partial charge is 0.382 e. The molecule has 12 heteroatoms. The van der Waals surface area contributed by atoms with Gasteiger partial charge in [0.2, 0.25) is 0 Å². The number of hydrogen-bond donors (Lipinski definition) is 3. The van der Waals surface area contributed by atoms with E-state index in [-0.39, 0.29) is 30.7 Å². The summed E-state index contributed by atoms with van der Waals surface area (Å²) in [6.45, 7) is 3.36. The zero-order valence-electron chi connectivity index (χ0n) is 20.2. The molecule has 0 aromatic carbocycles. The van der Waals surface area contributed by atoms with E-state index in [1.807, 2.05) is 30.2 Å². The third-order valence-electron chi connectivity index (χ3n) is 6.49. The van der Waals surface area contributed by atoms with E-state index in [1.54, 1.807) is 29.2 Å². The maximum Gasteiger partial charge on any atom is 0.260 e. The number of hydrogen-bond acceptors (Lipinski definition) is 7. The predicted octanol–water partition coefficient (Wildman–Crippen LogP) is 2.79. The lowest BCUT2D eigenvalue weighted by molar-refractivity contribution is -0.117. The number of likely N-dealkylation sites (tertiary alicyclic amines) is 1. The van der Waals surface area contributed by atoms with Gasteiger partial charge >= 0.3 is 0 Å². The number of halogens is 2. The predicted molar refractivity (Wildman–Crippen MR) is 136 cm³/mol. The molecule has 3 aromatic rings. The summed E-state index contributed by atoms with van der Waals surface area (Å²) in [4.78, 5) is 33.5. The van der Waals surface area contributed by atoms with Crippen molar-refractivity contribution in [2.75, 3.05) is 26.2 Å². The van der Waals surface area contributed by atoms with Crippen LogP contribution in [0.5, 0.6) is 0 Å². The van der Waals surface area contributed by atoms with Gasteiger partial charge in [0, 0.05) is 69.5 Å². The van der Waals surface area contributed by atoms with E-state index in [0.717, 1.165) is 10.4 Å². The Bertz CT molecular complexity index is 1360. The van der Waals surface area contributed by atoms with Crippen molar-refractivity contribution in [3.8, 4) is 10.4 Å². The van der Waals surface area contributed by atoms with E-state index in [4.69, 9.17) is 0 Å².